The van der Waals surface area contributed by atoms with Gasteiger partial charge in [-0.15, -0.1) is 6.58 Å². The molecule has 2 aliphatic heterocycles. The van der Waals surface area contributed by atoms with Gasteiger partial charge >= 0.3 is 6.18 Å². The maximum absolute atomic E-state index is 13.5. The summed E-state index contributed by atoms with van der Waals surface area (Å²) in [4.78, 5) is 17.5. The fourth-order valence-electron chi connectivity index (χ4n) is 7.94. The largest absolute Gasteiger partial charge is 0.504 e. The predicted octanol–water partition coefficient (Wildman–Crippen LogP) is 4.68. The summed E-state index contributed by atoms with van der Waals surface area (Å²) in [5, 5.41) is 23.3. The second-order valence-electron chi connectivity index (χ2n) is 11.3. The van der Waals surface area contributed by atoms with Crippen LogP contribution in [0.15, 0.2) is 55.1 Å². The van der Waals surface area contributed by atoms with Crippen LogP contribution in [0, 0.1) is 0 Å². The van der Waals surface area contributed by atoms with Crippen molar-refractivity contribution in [3.63, 3.8) is 0 Å². The number of phenolic OH excluding ortho intramolecular Hbond substituents is 1. The molecule has 1 saturated carbocycles. The van der Waals surface area contributed by atoms with Crippen LogP contribution in [0.25, 0.3) is 6.08 Å². The standard InChI is InChI=1S/C31H33F3N2O4/c1-3-15-35-16-14-29-26-20-9-10-23(37)27(26)40-28(29)22(12-13-30(29,39)24(35)18-20)36(4-2)25(38)11-8-19-6-5-7-21(17-19)31(32,33)34/h3,5-11,17,22,24,28,37,39H,1,4,12-16,18H2,2H3/b11-8+/t22?,24-,28?,29+,30-/m1/s1. The lowest BCUT2D eigenvalue weighted by Crippen LogP contribution is -2.78. The number of nitrogens with zero attached hydrogens (tertiary/aromatic N) is 2. The molecule has 2 aromatic carbocycles. The third-order valence-corrected chi connectivity index (χ3v) is 9.56. The number of carbonyl (C=O) groups excluding carboxylic acids is 1. The summed E-state index contributed by atoms with van der Waals surface area (Å²) in [7, 11) is 0. The first-order valence-electron chi connectivity index (χ1n) is 13.8. The number of amides is 1. The second kappa shape index (κ2) is 9.38. The third-order valence-electron chi connectivity index (χ3n) is 9.56. The molecule has 2 bridgehead atoms. The Morgan fingerprint density at radius 1 is 1.27 bits per heavy atom. The van der Waals surface area contributed by atoms with E-state index in [1.165, 1.54) is 24.3 Å². The molecular formula is C31H33F3N2O4. The van der Waals surface area contributed by atoms with Gasteiger partial charge in [-0.3, -0.25) is 9.69 Å². The van der Waals surface area contributed by atoms with Crippen molar-refractivity contribution in [2.45, 2.75) is 68.0 Å². The van der Waals surface area contributed by atoms with Crippen molar-refractivity contribution in [1.29, 1.82) is 0 Å². The highest BCUT2D eigenvalue weighted by atomic mass is 19.4. The van der Waals surface area contributed by atoms with Gasteiger partial charge in [-0.05, 0) is 74.6 Å². The molecule has 2 heterocycles. The van der Waals surface area contributed by atoms with Gasteiger partial charge < -0.3 is 19.8 Å². The Balaban J connectivity index is 1.36. The van der Waals surface area contributed by atoms with Crippen LogP contribution < -0.4 is 4.74 Å². The Hall–Kier alpha value is -3.30. The van der Waals surface area contributed by atoms with Gasteiger partial charge in [0.05, 0.1) is 22.6 Å². The molecule has 2 aliphatic carbocycles. The minimum Gasteiger partial charge on any atom is -0.504 e. The molecule has 5 atom stereocenters. The van der Waals surface area contributed by atoms with Gasteiger partial charge in [0, 0.05) is 30.8 Å². The summed E-state index contributed by atoms with van der Waals surface area (Å²) in [5.41, 5.74) is -0.501. The first-order valence-corrected chi connectivity index (χ1v) is 13.8. The van der Waals surface area contributed by atoms with E-state index in [1.54, 1.807) is 11.0 Å². The van der Waals surface area contributed by atoms with Crippen molar-refractivity contribution in [2.75, 3.05) is 19.6 Å². The smallest absolute Gasteiger partial charge is 0.416 e. The van der Waals surface area contributed by atoms with Gasteiger partial charge in [0.15, 0.2) is 11.5 Å². The topological polar surface area (TPSA) is 73.2 Å². The summed E-state index contributed by atoms with van der Waals surface area (Å²) < 4.78 is 46.0. The Bertz CT molecular complexity index is 1390. The number of aromatic hydroxyl groups is 1. The number of rotatable bonds is 6. The number of hydrogen-bond acceptors (Lipinski definition) is 5. The van der Waals surface area contributed by atoms with Crippen LogP contribution in [0.2, 0.25) is 0 Å². The molecule has 0 radical (unpaired) electrons. The molecule has 1 saturated heterocycles. The highest BCUT2D eigenvalue weighted by Crippen LogP contribution is 2.65. The van der Waals surface area contributed by atoms with Gasteiger partial charge in [-0.1, -0.05) is 24.3 Å². The lowest BCUT2D eigenvalue weighted by molar-refractivity contribution is -0.199. The number of piperidine rings is 1. The van der Waals surface area contributed by atoms with Crippen molar-refractivity contribution in [3.8, 4) is 11.5 Å². The predicted molar refractivity (Wildman–Crippen MR) is 144 cm³/mol. The summed E-state index contributed by atoms with van der Waals surface area (Å²) in [5.74, 6) is 0.0769. The average molecular weight is 555 g/mol. The molecule has 6 rings (SSSR count). The second-order valence-corrected chi connectivity index (χ2v) is 11.3. The zero-order valence-corrected chi connectivity index (χ0v) is 22.3. The van der Waals surface area contributed by atoms with Crippen molar-refractivity contribution in [3.05, 3.63) is 77.4 Å². The number of hydrogen-bond donors (Lipinski definition) is 2. The quantitative estimate of drug-likeness (QED) is 0.401. The SMILES string of the molecule is C=CCN1CC[C@]23c4c5ccc(O)c4OC2C(N(CC)C(=O)/C=C/c2cccc(C(F)(F)F)c2)CC[C@@]3(O)[C@H]1C5. The molecule has 1 amide bonds. The van der Waals surface area contributed by atoms with E-state index in [1.807, 2.05) is 19.1 Å². The van der Waals surface area contributed by atoms with Gasteiger partial charge in [-0.2, -0.15) is 13.2 Å². The summed E-state index contributed by atoms with van der Waals surface area (Å²) >= 11 is 0. The third kappa shape index (κ3) is 3.74. The van der Waals surface area contributed by atoms with Gasteiger partial charge in [0.1, 0.15) is 6.10 Å². The van der Waals surface area contributed by atoms with Crippen LogP contribution in [0.5, 0.6) is 11.5 Å². The Morgan fingerprint density at radius 2 is 2.08 bits per heavy atom. The number of phenols is 1. The Morgan fingerprint density at radius 3 is 2.80 bits per heavy atom. The van der Waals surface area contributed by atoms with E-state index in [0.29, 0.717) is 44.5 Å². The maximum atomic E-state index is 13.5. The molecule has 40 heavy (non-hydrogen) atoms. The molecule has 4 aliphatic rings. The van der Waals surface area contributed by atoms with E-state index in [9.17, 15) is 28.2 Å². The highest BCUT2D eigenvalue weighted by molar-refractivity contribution is 5.92. The van der Waals surface area contributed by atoms with E-state index >= 15 is 0 Å². The minimum atomic E-state index is -4.47. The number of likely N-dealkylation sites (tertiary alicyclic amines) is 1. The van der Waals surface area contributed by atoms with Crippen LogP contribution in [-0.4, -0.2) is 69.3 Å². The Labute approximate surface area is 231 Å². The van der Waals surface area contributed by atoms with Crippen molar-refractivity contribution >= 4 is 12.0 Å². The first-order chi connectivity index (χ1) is 19.0. The lowest BCUT2D eigenvalue weighted by atomic mass is 9.48. The molecule has 9 heteroatoms. The van der Waals surface area contributed by atoms with E-state index in [2.05, 4.69) is 11.5 Å². The maximum Gasteiger partial charge on any atom is 0.416 e. The molecule has 2 fully saturated rings. The van der Waals surface area contributed by atoms with Gasteiger partial charge in [-0.25, -0.2) is 0 Å². The fraction of sp³-hybridized carbons (Fsp3) is 0.452. The van der Waals surface area contributed by atoms with Gasteiger partial charge in [0.25, 0.3) is 0 Å². The summed E-state index contributed by atoms with van der Waals surface area (Å²) in [6.07, 6.45) is 1.67. The van der Waals surface area contributed by atoms with Crippen molar-refractivity contribution in [2.24, 2.45) is 0 Å². The minimum absolute atomic E-state index is 0.0226. The molecule has 6 nitrogen and oxygen atoms in total. The zero-order chi connectivity index (χ0) is 28.4. The van der Waals surface area contributed by atoms with E-state index in [-0.39, 0.29) is 23.3 Å². The molecule has 1 spiro atoms. The zero-order valence-electron chi connectivity index (χ0n) is 22.3. The van der Waals surface area contributed by atoms with E-state index in [4.69, 9.17) is 4.74 Å². The molecule has 0 aromatic heterocycles. The fourth-order valence-corrected chi connectivity index (χ4v) is 7.94. The number of carbonyl (C=O) groups is 1. The average Bonchev–Trinajstić information content (AvgIpc) is 3.27. The number of aliphatic hydroxyl groups is 1. The monoisotopic (exact) mass is 554 g/mol. The van der Waals surface area contributed by atoms with Crippen LogP contribution in [0.4, 0.5) is 13.2 Å². The molecular weight excluding hydrogens is 521 g/mol. The molecule has 2 N–H and O–H groups in total. The van der Waals surface area contributed by atoms with Crippen LogP contribution in [-0.2, 0) is 22.8 Å². The number of halogens is 3. The number of benzene rings is 2. The summed E-state index contributed by atoms with van der Waals surface area (Å²) in [6, 6.07) is 7.85. The van der Waals surface area contributed by atoms with Crippen molar-refractivity contribution < 1.29 is 32.9 Å². The van der Waals surface area contributed by atoms with Crippen LogP contribution >= 0.6 is 0 Å². The number of alkyl halides is 3. The van der Waals surface area contributed by atoms with E-state index in [0.717, 1.165) is 29.8 Å². The first kappa shape index (κ1) is 26.9. The lowest BCUT2D eigenvalue weighted by Gasteiger charge is -2.64. The summed E-state index contributed by atoms with van der Waals surface area (Å²) in [6.45, 7) is 7.48. The van der Waals surface area contributed by atoms with Gasteiger partial charge in [0.2, 0.25) is 5.91 Å². The molecule has 2 unspecified atom stereocenters. The Kier molecular flexibility index (Phi) is 6.31. The highest BCUT2D eigenvalue weighted by Gasteiger charge is 2.73. The van der Waals surface area contributed by atoms with Crippen LogP contribution in [0.1, 0.15) is 48.4 Å². The molecule has 212 valence electrons. The van der Waals surface area contributed by atoms with Crippen molar-refractivity contribution in [1.82, 2.24) is 9.80 Å². The number of ether oxygens (including phenoxy) is 1. The van der Waals surface area contributed by atoms with Crippen LogP contribution in [0.3, 0.4) is 0 Å². The van der Waals surface area contributed by atoms with E-state index < -0.39 is 34.9 Å². The normalized spacial score (nSPS) is 30.6. The molecule has 2 aromatic rings. The number of likely N-dealkylation sites (N-methyl/N-ethyl adjacent to an activating group) is 1.